The van der Waals surface area contributed by atoms with Gasteiger partial charge in [-0.1, -0.05) is 51.2 Å². The molecule has 19 heavy (non-hydrogen) atoms. The number of para-hydroxylation sites is 2. The first-order valence-corrected chi connectivity index (χ1v) is 7.39. The van der Waals surface area contributed by atoms with Crippen molar-refractivity contribution in [2.45, 2.75) is 45.4 Å². The Bertz CT molecular complexity index is 328. The molecule has 0 aliphatic heterocycles. The van der Waals surface area contributed by atoms with Crippen molar-refractivity contribution in [3.63, 3.8) is 0 Å². The van der Waals surface area contributed by atoms with Gasteiger partial charge in [-0.05, 0) is 18.6 Å². The maximum absolute atomic E-state index is 5.78. The van der Waals surface area contributed by atoms with Gasteiger partial charge in [-0.15, -0.1) is 0 Å². The zero-order valence-electron chi connectivity index (χ0n) is 12.1. The third-order valence-electron chi connectivity index (χ3n) is 3.05. The van der Waals surface area contributed by atoms with E-state index >= 15 is 0 Å². The van der Waals surface area contributed by atoms with E-state index in [2.05, 4.69) is 6.92 Å². The van der Waals surface area contributed by atoms with E-state index in [9.17, 15) is 0 Å². The second-order valence-corrected chi connectivity index (χ2v) is 4.77. The van der Waals surface area contributed by atoms with Gasteiger partial charge in [0.15, 0.2) is 0 Å². The lowest BCUT2D eigenvalue weighted by Gasteiger charge is -2.09. The molecule has 0 radical (unpaired) electrons. The van der Waals surface area contributed by atoms with Crippen LogP contribution in [-0.4, -0.2) is 19.8 Å². The molecule has 0 bridgehead atoms. The molecule has 1 rings (SSSR count). The van der Waals surface area contributed by atoms with Crippen LogP contribution in [0, 0.1) is 0 Å². The van der Waals surface area contributed by atoms with Crippen LogP contribution in [0.2, 0.25) is 0 Å². The van der Waals surface area contributed by atoms with Crippen LogP contribution in [0.3, 0.4) is 0 Å². The normalized spacial score (nSPS) is 10.6. The molecule has 0 heterocycles. The number of hydrogen-bond acceptors (Lipinski definition) is 3. The summed E-state index contributed by atoms with van der Waals surface area (Å²) < 4.78 is 11.1. The van der Waals surface area contributed by atoms with E-state index in [0.717, 1.165) is 18.8 Å². The third-order valence-corrected chi connectivity index (χ3v) is 3.05. The van der Waals surface area contributed by atoms with Crippen LogP contribution >= 0.6 is 0 Å². The molecule has 0 amide bonds. The molecule has 0 aliphatic carbocycles. The van der Waals surface area contributed by atoms with Crippen molar-refractivity contribution in [3.8, 4) is 5.75 Å². The van der Waals surface area contributed by atoms with E-state index in [1.807, 2.05) is 24.3 Å². The first-order valence-electron chi connectivity index (χ1n) is 7.39. The molecule has 3 heteroatoms. The minimum absolute atomic E-state index is 0.560. The van der Waals surface area contributed by atoms with Crippen molar-refractivity contribution < 1.29 is 9.47 Å². The largest absolute Gasteiger partial charge is 0.489 e. The van der Waals surface area contributed by atoms with E-state index in [4.69, 9.17) is 15.2 Å². The van der Waals surface area contributed by atoms with Crippen molar-refractivity contribution in [1.82, 2.24) is 0 Å². The van der Waals surface area contributed by atoms with Crippen LogP contribution < -0.4 is 10.5 Å². The fourth-order valence-corrected chi connectivity index (χ4v) is 1.91. The highest BCUT2D eigenvalue weighted by Gasteiger charge is 1.97. The highest BCUT2D eigenvalue weighted by atomic mass is 16.5. The van der Waals surface area contributed by atoms with Gasteiger partial charge >= 0.3 is 0 Å². The van der Waals surface area contributed by atoms with Crippen molar-refractivity contribution in [1.29, 1.82) is 0 Å². The Hall–Kier alpha value is -1.22. The summed E-state index contributed by atoms with van der Waals surface area (Å²) in [5, 5.41) is 0. The average Bonchev–Trinajstić information content (AvgIpc) is 2.43. The lowest BCUT2D eigenvalue weighted by molar-refractivity contribution is 0.0973. The Morgan fingerprint density at radius 3 is 2.42 bits per heavy atom. The Kier molecular flexibility index (Phi) is 8.90. The Labute approximate surface area is 117 Å². The van der Waals surface area contributed by atoms with Crippen LogP contribution in [-0.2, 0) is 4.74 Å². The van der Waals surface area contributed by atoms with E-state index < -0.39 is 0 Å². The number of nitrogen functional groups attached to an aromatic ring is 1. The number of nitrogens with two attached hydrogens (primary N) is 1. The quantitative estimate of drug-likeness (QED) is 0.485. The zero-order chi connectivity index (χ0) is 13.8. The molecule has 0 spiro atoms. The van der Waals surface area contributed by atoms with Crippen LogP contribution in [0.4, 0.5) is 5.69 Å². The Morgan fingerprint density at radius 2 is 1.63 bits per heavy atom. The van der Waals surface area contributed by atoms with Gasteiger partial charge in [0, 0.05) is 6.61 Å². The smallest absolute Gasteiger partial charge is 0.142 e. The lowest BCUT2D eigenvalue weighted by atomic mass is 10.1. The van der Waals surface area contributed by atoms with Crippen molar-refractivity contribution in [3.05, 3.63) is 24.3 Å². The minimum Gasteiger partial charge on any atom is -0.489 e. The lowest BCUT2D eigenvalue weighted by Crippen LogP contribution is -2.08. The van der Waals surface area contributed by atoms with Crippen LogP contribution in [0.1, 0.15) is 45.4 Å². The van der Waals surface area contributed by atoms with E-state index in [0.29, 0.717) is 18.9 Å². The predicted molar refractivity (Wildman–Crippen MR) is 80.5 cm³/mol. The summed E-state index contributed by atoms with van der Waals surface area (Å²) in [5.74, 6) is 0.741. The predicted octanol–water partition coefficient (Wildman–Crippen LogP) is 4.02. The topological polar surface area (TPSA) is 44.5 Å². The number of unbranched alkanes of at least 4 members (excludes halogenated alkanes) is 5. The number of ether oxygens (including phenoxy) is 2. The highest BCUT2D eigenvalue weighted by Crippen LogP contribution is 2.19. The SMILES string of the molecule is CCCCCCCCOCCOc1ccccc1N. The average molecular weight is 265 g/mol. The van der Waals surface area contributed by atoms with Gasteiger partial charge in [0.25, 0.3) is 0 Å². The minimum atomic E-state index is 0.560. The number of benzene rings is 1. The van der Waals surface area contributed by atoms with Gasteiger partial charge in [-0.2, -0.15) is 0 Å². The molecular weight excluding hydrogens is 238 g/mol. The summed E-state index contributed by atoms with van der Waals surface area (Å²) in [5.41, 5.74) is 6.45. The van der Waals surface area contributed by atoms with Gasteiger partial charge in [0.1, 0.15) is 12.4 Å². The molecule has 108 valence electrons. The monoisotopic (exact) mass is 265 g/mol. The third kappa shape index (κ3) is 7.73. The standard InChI is InChI=1S/C16H27NO2/c1-2-3-4-5-6-9-12-18-13-14-19-16-11-8-7-10-15(16)17/h7-8,10-11H,2-6,9,12-14,17H2,1H3. The number of rotatable bonds is 11. The van der Waals surface area contributed by atoms with Gasteiger partial charge in [-0.25, -0.2) is 0 Å². The molecule has 0 aromatic heterocycles. The maximum Gasteiger partial charge on any atom is 0.142 e. The van der Waals surface area contributed by atoms with E-state index in [-0.39, 0.29) is 0 Å². The van der Waals surface area contributed by atoms with Crippen molar-refractivity contribution in [2.24, 2.45) is 0 Å². The molecule has 2 N–H and O–H groups in total. The van der Waals surface area contributed by atoms with Gasteiger partial charge in [-0.3, -0.25) is 0 Å². The van der Waals surface area contributed by atoms with Crippen molar-refractivity contribution >= 4 is 5.69 Å². The number of hydrogen-bond donors (Lipinski definition) is 1. The molecule has 0 saturated heterocycles. The molecule has 0 aliphatic rings. The van der Waals surface area contributed by atoms with Gasteiger partial charge in [0.2, 0.25) is 0 Å². The van der Waals surface area contributed by atoms with E-state index in [1.165, 1.54) is 32.1 Å². The first kappa shape index (κ1) is 15.8. The molecule has 0 atom stereocenters. The summed E-state index contributed by atoms with van der Waals surface area (Å²) in [7, 11) is 0. The molecule has 3 nitrogen and oxygen atoms in total. The summed E-state index contributed by atoms with van der Waals surface area (Å²) in [6, 6.07) is 7.54. The zero-order valence-corrected chi connectivity index (χ0v) is 12.1. The molecule has 1 aromatic rings. The molecule has 0 unspecified atom stereocenters. The fourth-order valence-electron chi connectivity index (χ4n) is 1.91. The van der Waals surface area contributed by atoms with Gasteiger partial charge in [0.05, 0.1) is 12.3 Å². The van der Waals surface area contributed by atoms with Crippen LogP contribution in [0.25, 0.3) is 0 Å². The number of anilines is 1. The summed E-state index contributed by atoms with van der Waals surface area (Å²) in [6.45, 7) is 4.26. The molecular formula is C16H27NO2. The van der Waals surface area contributed by atoms with Crippen LogP contribution in [0.15, 0.2) is 24.3 Å². The maximum atomic E-state index is 5.78. The van der Waals surface area contributed by atoms with E-state index in [1.54, 1.807) is 0 Å². The Balaban J connectivity index is 1.90. The van der Waals surface area contributed by atoms with Gasteiger partial charge < -0.3 is 15.2 Å². The molecule has 0 saturated carbocycles. The molecule has 1 aromatic carbocycles. The van der Waals surface area contributed by atoms with Crippen LogP contribution in [0.5, 0.6) is 5.75 Å². The Morgan fingerprint density at radius 1 is 0.895 bits per heavy atom. The highest BCUT2D eigenvalue weighted by molar-refractivity contribution is 5.51. The van der Waals surface area contributed by atoms with Crippen molar-refractivity contribution in [2.75, 3.05) is 25.6 Å². The summed E-state index contributed by atoms with van der Waals surface area (Å²) in [4.78, 5) is 0. The fraction of sp³-hybridized carbons (Fsp3) is 0.625. The summed E-state index contributed by atoms with van der Waals surface area (Å²) >= 11 is 0. The molecule has 0 fully saturated rings. The second-order valence-electron chi connectivity index (χ2n) is 4.77. The summed E-state index contributed by atoms with van der Waals surface area (Å²) in [6.07, 6.45) is 7.76. The second kappa shape index (κ2) is 10.7. The first-order chi connectivity index (χ1) is 9.34.